The molecule has 8 nitrogen and oxygen atoms in total. The third kappa shape index (κ3) is 2.88. The van der Waals surface area contributed by atoms with E-state index in [-0.39, 0.29) is 11.8 Å². The van der Waals surface area contributed by atoms with Crippen molar-refractivity contribution in [3.05, 3.63) is 65.1 Å². The summed E-state index contributed by atoms with van der Waals surface area (Å²) in [6.07, 6.45) is 1.94. The van der Waals surface area contributed by atoms with Crippen molar-refractivity contribution in [2.24, 2.45) is 0 Å². The third-order valence-corrected chi connectivity index (χ3v) is 5.47. The van der Waals surface area contributed by atoms with E-state index < -0.39 is 0 Å². The van der Waals surface area contributed by atoms with E-state index in [1.807, 2.05) is 19.1 Å². The lowest BCUT2D eigenvalue weighted by atomic mass is 9.85. The summed E-state index contributed by atoms with van der Waals surface area (Å²) < 4.78 is 3.28. The van der Waals surface area contributed by atoms with Crippen molar-refractivity contribution in [1.82, 2.24) is 29.6 Å². The van der Waals surface area contributed by atoms with Crippen molar-refractivity contribution in [2.75, 3.05) is 5.32 Å². The van der Waals surface area contributed by atoms with Crippen LogP contribution in [0.5, 0.6) is 0 Å². The highest BCUT2D eigenvalue weighted by Crippen LogP contribution is 2.40. The molecule has 146 valence electrons. The predicted octanol–water partition coefficient (Wildman–Crippen LogP) is 3.22. The first-order chi connectivity index (χ1) is 14.0. The molecular weight excluding hydrogens is 366 g/mol. The average Bonchev–Trinajstić information content (AvgIpc) is 3.31. The van der Waals surface area contributed by atoms with Gasteiger partial charge in [0.25, 0.3) is 0 Å². The van der Waals surface area contributed by atoms with Crippen LogP contribution in [-0.2, 0) is 4.79 Å². The average molecular weight is 387 g/mol. The van der Waals surface area contributed by atoms with Gasteiger partial charge in [-0.25, -0.2) is 0 Å². The zero-order valence-corrected chi connectivity index (χ0v) is 16.5. The molecule has 0 radical (unpaired) electrons. The van der Waals surface area contributed by atoms with Gasteiger partial charge in [-0.1, -0.05) is 38.1 Å². The number of hydrogen-bond acceptors (Lipinski definition) is 5. The Morgan fingerprint density at radius 2 is 1.90 bits per heavy atom. The second-order valence-electron chi connectivity index (χ2n) is 7.71. The van der Waals surface area contributed by atoms with Crippen LogP contribution in [0.2, 0.25) is 0 Å². The van der Waals surface area contributed by atoms with Crippen molar-refractivity contribution in [3.8, 4) is 5.82 Å². The molecule has 0 saturated heterocycles. The number of rotatable bonds is 3. The smallest absolute Gasteiger partial charge is 0.226 e. The molecule has 0 saturated carbocycles. The van der Waals surface area contributed by atoms with E-state index in [0.717, 1.165) is 16.8 Å². The fourth-order valence-electron chi connectivity index (χ4n) is 3.94. The largest absolute Gasteiger partial charge is 0.310 e. The minimum atomic E-state index is -0.0349. The third-order valence-electron chi connectivity index (χ3n) is 5.47. The summed E-state index contributed by atoms with van der Waals surface area (Å²) in [5.41, 5.74) is 4.97. The fourth-order valence-corrected chi connectivity index (χ4v) is 3.94. The van der Waals surface area contributed by atoms with E-state index in [1.54, 1.807) is 15.5 Å². The number of fused-ring (bicyclic) bond motifs is 2. The number of amides is 1. The Hall–Kier alpha value is -3.55. The van der Waals surface area contributed by atoms with Gasteiger partial charge in [0.15, 0.2) is 11.5 Å². The maximum absolute atomic E-state index is 12.6. The van der Waals surface area contributed by atoms with Crippen LogP contribution in [-0.4, -0.2) is 35.5 Å². The van der Waals surface area contributed by atoms with Gasteiger partial charge in [0, 0.05) is 17.9 Å². The number of anilines is 1. The number of carbonyl (C=O) groups is 1. The summed E-state index contributed by atoms with van der Waals surface area (Å²) in [6.45, 7) is 6.32. The van der Waals surface area contributed by atoms with Crippen LogP contribution in [0.4, 0.5) is 5.82 Å². The lowest BCUT2D eigenvalue weighted by Crippen LogP contribution is -2.25. The number of benzene rings is 1. The number of nitrogens with zero attached hydrogens (tertiary/aromatic N) is 6. The molecule has 0 bridgehead atoms. The standard InChI is InChI=1S/C21H21N7O/c1-12(2)14-4-6-15(7-5-14)16-10-19(29)23-21-20(16)13(3)25-28(21)18-9-8-17-24-22-11-27(17)26-18/h4-9,11-12,16H,10H2,1-3H3,(H,23,29)/t16-/m1/s1. The molecule has 0 unspecified atom stereocenters. The van der Waals surface area contributed by atoms with E-state index >= 15 is 0 Å². The summed E-state index contributed by atoms with van der Waals surface area (Å²) >= 11 is 0. The molecule has 4 heterocycles. The number of nitrogens with one attached hydrogen (secondary N) is 1. The van der Waals surface area contributed by atoms with Gasteiger partial charge in [0.1, 0.15) is 12.1 Å². The Labute approximate surface area is 167 Å². The highest BCUT2D eigenvalue weighted by atomic mass is 16.1. The Kier molecular flexibility index (Phi) is 3.94. The van der Waals surface area contributed by atoms with Gasteiger partial charge >= 0.3 is 0 Å². The minimum Gasteiger partial charge on any atom is -0.310 e. The molecule has 0 fully saturated rings. The zero-order chi connectivity index (χ0) is 20.1. The fraction of sp³-hybridized carbons (Fsp3) is 0.286. The van der Waals surface area contributed by atoms with Crippen LogP contribution in [0.25, 0.3) is 11.5 Å². The van der Waals surface area contributed by atoms with Crippen molar-refractivity contribution in [2.45, 2.75) is 39.0 Å². The number of aryl methyl sites for hydroxylation is 1. The summed E-state index contributed by atoms with van der Waals surface area (Å²) in [6, 6.07) is 12.2. The number of hydrogen-bond donors (Lipinski definition) is 1. The number of carbonyl (C=O) groups excluding carboxylic acids is 1. The first-order valence-corrected chi connectivity index (χ1v) is 9.68. The molecule has 1 aliphatic heterocycles. The molecule has 29 heavy (non-hydrogen) atoms. The topological polar surface area (TPSA) is 90.0 Å². The first kappa shape index (κ1) is 17.5. The van der Waals surface area contributed by atoms with Crippen molar-refractivity contribution in [1.29, 1.82) is 0 Å². The normalized spacial score (nSPS) is 16.3. The van der Waals surface area contributed by atoms with Gasteiger partial charge in [-0.05, 0) is 36.1 Å². The van der Waals surface area contributed by atoms with Crippen LogP contribution >= 0.6 is 0 Å². The molecule has 1 amide bonds. The highest BCUT2D eigenvalue weighted by molar-refractivity contribution is 5.95. The Morgan fingerprint density at radius 3 is 2.66 bits per heavy atom. The van der Waals surface area contributed by atoms with Crippen molar-refractivity contribution < 1.29 is 4.79 Å². The second kappa shape index (κ2) is 6.51. The van der Waals surface area contributed by atoms with Crippen LogP contribution in [0.3, 0.4) is 0 Å². The van der Waals surface area contributed by atoms with Gasteiger partial charge in [0.05, 0.1) is 5.69 Å². The molecule has 8 heteroatoms. The van der Waals surface area contributed by atoms with Crippen LogP contribution < -0.4 is 5.32 Å². The molecule has 3 aromatic heterocycles. The summed E-state index contributed by atoms with van der Waals surface area (Å²) in [4.78, 5) is 12.6. The molecule has 0 spiro atoms. The van der Waals surface area contributed by atoms with Crippen molar-refractivity contribution >= 4 is 17.4 Å². The molecular formula is C21H21N7O. The van der Waals surface area contributed by atoms with Crippen LogP contribution in [0.1, 0.15) is 54.5 Å². The summed E-state index contributed by atoms with van der Waals surface area (Å²) in [7, 11) is 0. The van der Waals surface area contributed by atoms with E-state index in [1.165, 1.54) is 5.56 Å². The summed E-state index contributed by atoms with van der Waals surface area (Å²) in [5, 5.41) is 20.1. The molecule has 1 N–H and O–H groups in total. The molecule has 1 aliphatic rings. The molecule has 1 aromatic carbocycles. The Morgan fingerprint density at radius 1 is 1.10 bits per heavy atom. The van der Waals surface area contributed by atoms with E-state index in [2.05, 4.69) is 58.7 Å². The maximum Gasteiger partial charge on any atom is 0.226 e. The van der Waals surface area contributed by atoms with E-state index in [4.69, 9.17) is 5.10 Å². The molecule has 5 rings (SSSR count). The first-order valence-electron chi connectivity index (χ1n) is 9.68. The van der Waals surface area contributed by atoms with Gasteiger partial charge < -0.3 is 5.32 Å². The molecule has 0 aliphatic carbocycles. The second-order valence-corrected chi connectivity index (χ2v) is 7.71. The quantitative estimate of drug-likeness (QED) is 0.583. The number of aromatic nitrogens is 6. The van der Waals surface area contributed by atoms with Gasteiger partial charge in [-0.15, -0.1) is 15.3 Å². The van der Waals surface area contributed by atoms with Gasteiger partial charge in [-0.2, -0.15) is 14.3 Å². The van der Waals surface area contributed by atoms with E-state index in [9.17, 15) is 4.79 Å². The monoisotopic (exact) mass is 387 g/mol. The minimum absolute atomic E-state index is 0.0260. The molecule has 4 aromatic rings. The Balaban J connectivity index is 1.62. The van der Waals surface area contributed by atoms with Crippen molar-refractivity contribution in [3.63, 3.8) is 0 Å². The predicted molar refractivity (Wildman–Crippen MR) is 108 cm³/mol. The Bertz CT molecular complexity index is 1220. The lowest BCUT2D eigenvalue weighted by molar-refractivity contribution is -0.116. The van der Waals surface area contributed by atoms with Crippen LogP contribution in [0, 0.1) is 6.92 Å². The van der Waals surface area contributed by atoms with E-state index in [0.29, 0.717) is 29.6 Å². The lowest BCUT2D eigenvalue weighted by Gasteiger charge is -2.24. The SMILES string of the molecule is Cc1nn(-c2ccc3nncn3n2)c2c1[C@@H](c1ccc(C(C)C)cc1)CC(=O)N2. The van der Waals surface area contributed by atoms with Gasteiger partial charge in [0.2, 0.25) is 5.91 Å². The summed E-state index contributed by atoms with van der Waals surface area (Å²) in [5.74, 6) is 1.68. The van der Waals surface area contributed by atoms with Crippen LogP contribution in [0.15, 0.2) is 42.7 Å². The maximum atomic E-state index is 12.6. The van der Waals surface area contributed by atoms with Gasteiger partial charge in [-0.3, -0.25) is 4.79 Å². The highest BCUT2D eigenvalue weighted by Gasteiger charge is 2.33. The zero-order valence-electron chi connectivity index (χ0n) is 16.5. The molecule has 1 atom stereocenters.